The van der Waals surface area contributed by atoms with E-state index >= 15 is 0 Å². The first-order chi connectivity index (χ1) is 14.4. The Bertz CT molecular complexity index is 945. The van der Waals surface area contributed by atoms with Gasteiger partial charge in [0.15, 0.2) is 0 Å². The van der Waals surface area contributed by atoms with Gasteiger partial charge in [0, 0.05) is 32.7 Å². The number of rotatable bonds is 8. The van der Waals surface area contributed by atoms with Crippen LogP contribution in [0.3, 0.4) is 0 Å². The molecule has 1 aliphatic heterocycles. The molecule has 6 nitrogen and oxygen atoms in total. The molecule has 0 spiro atoms. The van der Waals surface area contributed by atoms with E-state index in [2.05, 4.69) is 0 Å². The van der Waals surface area contributed by atoms with Crippen LogP contribution in [-0.4, -0.2) is 67.7 Å². The predicted octanol–water partition coefficient (Wildman–Crippen LogP) is 2.32. The van der Waals surface area contributed by atoms with E-state index in [1.807, 2.05) is 36.1 Å². The van der Waals surface area contributed by atoms with E-state index < -0.39 is 10.0 Å². The molecule has 0 aromatic heterocycles. The largest absolute Gasteiger partial charge is 0.339 e. The smallest absolute Gasteiger partial charge is 0.236 e. The van der Waals surface area contributed by atoms with Crippen molar-refractivity contribution in [3.05, 3.63) is 71.5 Å². The lowest BCUT2D eigenvalue weighted by Crippen LogP contribution is -2.52. The molecular weight excluding hydrogens is 405 g/mol. The zero-order valence-corrected chi connectivity index (χ0v) is 18.0. The summed E-state index contributed by atoms with van der Waals surface area (Å²) in [6.45, 7) is 4.70. The Balaban J connectivity index is 1.51. The molecule has 1 amide bonds. The third-order valence-corrected chi connectivity index (χ3v) is 7.13. The molecule has 2 aromatic carbocycles. The Kier molecular flexibility index (Phi) is 7.58. The molecule has 1 saturated heterocycles. The monoisotopic (exact) mass is 433 g/mol. The van der Waals surface area contributed by atoms with Gasteiger partial charge in [-0.1, -0.05) is 49.4 Å². The summed E-state index contributed by atoms with van der Waals surface area (Å²) in [4.78, 5) is 16.4. The fraction of sp³-hybridized carbons (Fsp3) is 0.409. The van der Waals surface area contributed by atoms with E-state index in [9.17, 15) is 17.6 Å². The molecule has 2 aromatic rings. The van der Waals surface area contributed by atoms with Gasteiger partial charge in [-0.05, 0) is 29.8 Å². The number of hydrogen-bond acceptors (Lipinski definition) is 4. The number of likely N-dealkylation sites (N-methyl/N-ethyl adjacent to an activating group) is 1. The maximum absolute atomic E-state index is 13.4. The summed E-state index contributed by atoms with van der Waals surface area (Å²) in [7, 11) is -3.41. The van der Waals surface area contributed by atoms with Crippen molar-refractivity contribution < 1.29 is 17.6 Å². The second-order valence-corrected chi connectivity index (χ2v) is 9.42. The van der Waals surface area contributed by atoms with Gasteiger partial charge in [-0.15, -0.1) is 0 Å². The maximum Gasteiger partial charge on any atom is 0.236 e. The predicted molar refractivity (Wildman–Crippen MR) is 115 cm³/mol. The molecule has 1 aliphatic rings. The van der Waals surface area contributed by atoms with E-state index in [0.29, 0.717) is 39.3 Å². The highest BCUT2D eigenvalue weighted by Crippen LogP contribution is 2.14. The minimum absolute atomic E-state index is 0.0287. The van der Waals surface area contributed by atoms with Gasteiger partial charge in [0.05, 0.1) is 12.3 Å². The first-order valence-corrected chi connectivity index (χ1v) is 11.7. The van der Waals surface area contributed by atoms with E-state index in [0.717, 1.165) is 11.1 Å². The van der Waals surface area contributed by atoms with Crippen molar-refractivity contribution in [2.45, 2.75) is 19.2 Å². The number of carbonyl (C=O) groups is 1. The summed E-state index contributed by atoms with van der Waals surface area (Å²) in [6.07, 6.45) is 0. The zero-order valence-electron chi connectivity index (χ0n) is 17.2. The minimum atomic E-state index is -3.41. The normalized spacial score (nSPS) is 15.5. The fourth-order valence-corrected chi connectivity index (χ4v) is 5.07. The van der Waals surface area contributed by atoms with Crippen molar-refractivity contribution in [2.75, 3.05) is 39.3 Å². The third kappa shape index (κ3) is 6.10. The number of hydrogen-bond donors (Lipinski definition) is 0. The highest BCUT2D eigenvalue weighted by Gasteiger charge is 2.29. The highest BCUT2D eigenvalue weighted by atomic mass is 32.2. The lowest BCUT2D eigenvalue weighted by Gasteiger charge is -2.35. The van der Waals surface area contributed by atoms with Crippen LogP contribution in [0.1, 0.15) is 18.1 Å². The molecule has 30 heavy (non-hydrogen) atoms. The average molecular weight is 434 g/mol. The van der Waals surface area contributed by atoms with Crippen LogP contribution in [-0.2, 0) is 27.1 Å². The molecule has 0 atom stereocenters. The Morgan fingerprint density at radius 2 is 1.67 bits per heavy atom. The fourth-order valence-electron chi connectivity index (χ4n) is 3.56. The first kappa shape index (κ1) is 22.4. The molecule has 0 saturated carbocycles. The third-order valence-electron chi connectivity index (χ3n) is 5.28. The van der Waals surface area contributed by atoms with Gasteiger partial charge in [0.2, 0.25) is 15.9 Å². The lowest BCUT2D eigenvalue weighted by molar-refractivity contribution is -0.133. The summed E-state index contributed by atoms with van der Waals surface area (Å²) >= 11 is 0. The molecule has 3 rings (SSSR count). The van der Waals surface area contributed by atoms with Gasteiger partial charge >= 0.3 is 0 Å². The summed E-state index contributed by atoms with van der Waals surface area (Å²) in [5.41, 5.74) is 1.58. The molecule has 0 N–H and O–H groups in total. The van der Waals surface area contributed by atoms with Crippen molar-refractivity contribution in [3.8, 4) is 0 Å². The van der Waals surface area contributed by atoms with E-state index in [1.165, 1.54) is 16.4 Å². The van der Waals surface area contributed by atoms with Gasteiger partial charge in [0.1, 0.15) is 5.82 Å². The molecule has 1 fully saturated rings. The van der Waals surface area contributed by atoms with Gasteiger partial charge < -0.3 is 4.90 Å². The highest BCUT2D eigenvalue weighted by molar-refractivity contribution is 7.88. The quantitative estimate of drug-likeness (QED) is 0.641. The lowest BCUT2D eigenvalue weighted by atomic mass is 10.2. The van der Waals surface area contributed by atoms with Crippen molar-refractivity contribution in [3.63, 3.8) is 0 Å². The summed E-state index contributed by atoms with van der Waals surface area (Å²) in [6, 6.07) is 15.5. The van der Waals surface area contributed by atoms with Crippen LogP contribution >= 0.6 is 0 Å². The second-order valence-electron chi connectivity index (χ2n) is 7.45. The molecule has 0 aliphatic carbocycles. The van der Waals surface area contributed by atoms with Crippen molar-refractivity contribution in [1.82, 2.24) is 14.1 Å². The number of sulfonamides is 1. The van der Waals surface area contributed by atoms with Crippen molar-refractivity contribution >= 4 is 15.9 Å². The molecular formula is C22H28FN3O3S. The van der Waals surface area contributed by atoms with Crippen molar-refractivity contribution in [2.24, 2.45) is 0 Å². The minimum Gasteiger partial charge on any atom is -0.339 e. The summed E-state index contributed by atoms with van der Waals surface area (Å²) in [5.74, 6) is -0.352. The summed E-state index contributed by atoms with van der Waals surface area (Å²) < 4.78 is 40.2. The topological polar surface area (TPSA) is 60.9 Å². The number of benzene rings is 2. The molecule has 1 heterocycles. The Hall–Kier alpha value is -2.29. The Labute approximate surface area is 177 Å². The molecule has 0 bridgehead atoms. The van der Waals surface area contributed by atoms with Crippen LogP contribution in [0.2, 0.25) is 0 Å². The van der Waals surface area contributed by atoms with Crippen LogP contribution in [0.5, 0.6) is 0 Å². The standard InChI is InChI=1S/C22H28FN3O3S/c1-2-24(16-20-9-6-10-21(23)15-20)17-22(27)25-11-13-26(14-12-25)30(28,29)18-19-7-4-3-5-8-19/h3-10,15H,2,11-14,16-18H2,1H3. The molecule has 162 valence electrons. The van der Waals surface area contributed by atoms with E-state index in [1.54, 1.807) is 23.1 Å². The molecule has 0 unspecified atom stereocenters. The number of piperazine rings is 1. The van der Waals surface area contributed by atoms with Gasteiger partial charge in [-0.3, -0.25) is 9.69 Å². The summed E-state index contributed by atoms with van der Waals surface area (Å²) in [5, 5.41) is 0. The SMILES string of the molecule is CCN(CC(=O)N1CCN(S(=O)(=O)Cc2ccccc2)CC1)Cc1cccc(F)c1. The van der Waals surface area contributed by atoms with Gasteiger partial charge in [-0.2, -0.15) is 4.31 Å². The molecule has 0 radical (unpaired) electrons. The van der Waals surface area contributed by atoms with E-state index in [-0.39, 0.29) is 24.0 Å². The van der Waals surface area contributed by atoms with Gasteiger partial charge in [-0.25, -0.2) is 12.8 Å². The zero-order chi connectivity index (χ0) is 21.6. The molecule has 8 heteroatoms. The number of nitrogens with zero attached hydrogens (tertiary/aromatic N) is 3. The van der Waals surface area contributed by atoms with Crippen LogP contribution < -0.4 is 0 Å². The van der Waals surface area contributed by atoms with Crippen molar-refractivity contribution in [1.29, 1.82) is 0 Å². The van der Waals surface area contributed by atoms with Crippen LogP contribution in [0, 0.1) is 5.82 Å². The maximum atomic E-state index is 13.4. The van der Waals surface area contributed by atoms with Crippen LogP contribution in [0.25, 0.3) is 0 Å². The Morgan fingerprint density at radius 1 is 1.00 bits per heavy atom. The van der Waals surface area contributed by atoms with Crippen LogP contribution in [0.15, 0.2) is 54.6 Å². The number of amides is 1. The van der Waals surface area contributed by atoms with Crippen LogP contribution in [0.4, 0.5) is 4.39 Å². The number of carbonyl (C=O) groups excluding carboxylic acids is 1. The Morgan fingerprint density at radius 3 is 2.30 bits per heavy atom. The number of halogens is 1. The average Bonchev–Trinajstić information content (AvgIpc) is 2.74. The van der Waals surface area contributed by atoms with E-state index in [4.69, 9.17) is 0 Å². The second kappa shape index (κ2) is 10.1. The van der Waals surface area contributed by atoms with Gasteiger partial charge in [0.25, 0.3) is 0 Å². The first-order valence-electron chi connectivity index (χ1n) is 10.1.